The fraction of sp³-hybridized carbons (Fsp3) is 0.577. The Morgan fingerprint density at radius 3 is 2.47 bits per heavy atom. The Hall–Kier alpha value is -1.73. The lowest BCUT2D eigenvalue weighted by atomic mass is 10.1. The van der Waals surface area contributed by atoms with E-state index in [-0.39, 0.29) is 11.9 Å². The number of methoxy groups -OCH3 is 1. The number of ether oxygens (including phenoxy) is 3. The molecule has 1 aromatic carbocycles. The smallest absolute Gasteiger partial charge is 0.191 e. The minimum absolute atomic E-state index is 0.0327. The summed E-state index contributed by atoms with van der Waals surface area (Å²) in [6, 6.07) is 11.0. The van der Waals surface area contributed by atoms with Crippen molar-refractivity contribution in [2.75, 3.05) is 20.3 Å². The van der Waals surface area contributed by atoms with Crippen LogP contribution in [0.2, 0.25) is 18.1 Å². The van der Waals surface area contributed by atoms with Crippen LogP contribution in [0.3, 0.4) is 0 Å². The van der Waals surface area contributed by atoms with E-state index in [0.29, 0.717) is 26.2 Å². The maximum absolute atomic E-state index is 13.0. The lowest BCUT2D eigenvalue weighted by molar-refractivity contribution is -0.127. The van der Waals surface area contributed by atoms with Gasteiger partial charge in [0.2, 0.25) is 0 Å². The molecule has 1 aliphatic heterocycles. The second-order valence-corrected chi connectivity index (χ2v) is 13.2. The quantitative estimate of drug-likeness (QED) is 0.198. The van der Waals surface area contributed by atoms with Gasteiger partial charge in [0.15, 0.2) is 14.1 Å². The molecule has 0 saturated carbocycles. The maximum Gasteiger partial charge on any atom is 0.191 e. The van der Waals surface area contributed by atoms with E-state index in [9.17, 15) is 4.79 Å². The Kier molecular flexibility index (Phi) is 11.4. The zero-order chi connectivity index (χ0) is 23.4. The van der Waals surface area contributed by atoms with Crippen molar-refractivity contribution >= 4 is 14.1 Å². The van der Waals surface area contributed by atoms with Gasteiger partial charge in [0, 0.05) is 13.0 Å². The second kappa shape index (κ2) is 13.7. The highest BCUT2D eigenvalue weighted by Gasteiger charge is 2.29. The van der Waals surface area contributed by atoms with Crippen LogP contribution in [0, 0.1) is 0 Å². The van der Waals surface area contributed by atoms with Crippen LogP contribution in [0.25, 0.3) is 0 Å². The van der Waals surface area contributed by atoms with Crippen LogP contribution >= 0.6 is 0 Å². The molecule has 0 aromatic heterocycles. The predicted octanol–water partition coefficient (Wildman–Crippen LogP) is 5.85. The van der Waals surface area contributed by atoms with Gasteiger partial charge in [-0.1, -0.05) is 50.6 Å². The molecule has 0 amide bonds. The number of hydrogen-bond acceptors (Lipinski definition) is 5. The number of carbonyl (C=O) groups is 1. The second-order valence-electron chi connectivity index (χ2n) is 8.42. The summed E-state index contributed by atoms with van der Waals surface area (Å²) in [7, 11) is -0.0495. The molecule has 0 bridgehead atoms. The van der Waals surface area contributed by atoms with E-state index in [1.807, 2.05) is 30.3 Å². The molecule has 32 heavy (non-hydrogen) atoms. The van der Waals surface area contributed by atoms with Gasteiger partial charge in [-0.25, -0.2) is 0 Å². The topological polar surface area (TPSA) is 54.0 Å². The standard InChI is InChI=1S/C26H40O5Si/c1-6-32(7-2,8-3)31-18-16-26(30-20-22-9-11-23(28-5)12-10-22)25(27)14-13-24-19-21(4)15-17-29-24/h9-15,24,26H,6-8,16-20H2,1-5H3/b14-13+/t24-,26+/m1/s1. The van der Waals surface area contributed by atoms with Crippen molar-refractivity contribution in [2.45, 2.75) is 77.5 Å². The lowest BCUT2D eigenvalue weighted by Gasteiger charge is -2.28. The summed E-state index contributed by atoms with van der Waals surface area (Å²) in [5.41, 5.74) is 2.29. The number of hydrogen-bond donors (Lipinski definition) is 0. The van der Waals surface area contributed by atoms with Gasteiger partial charge in [-0.05, 0) is 55.2 Å². The molecule has 178 valence electrons. The van der Waals surface area contributed by atoms with E-state index in [2.05, 4.69) is 33.8 Å². The zero-order valence-electron chi connectivity index (χ0n) is 20.4. The van der Waals surface area contributed by atoms with Gasteiger partial charge < -0.3 is 18.6 Å². The summed E-state index contributed by atoms with van der Waals surface area (Å²) >= 11 is 0. The first kappa shape index (κ1) is 26.5. The van der Waals surface area contributed by atoms with E-state index in [1.54, 1.807) is 13.2 Å². The average Bonchev–Trinajstić information content (AvgIpc) is 2.83. The van der Waals surface area contributed by atoms with E-state index in [4.69, 9.17) is 18.6 Å². The fourth-order valence-electron chi connectivity index (χ4n) is 3.87. The molecule has 0 aliphatic carbocycles. The third kappa shape index (κ3) is 8.32. The van der Waals surface area contributed by atoms with E-state index < -0.39 is 14.4 Å². The molecule has 0 radical (unpaired) electrons. The van der Waals surface area contributed by atoms with Crippen LogP contribution in [0.5, 0.6) is 5.75 Å². The Morgan fingerprint density at radius 2 is 1.88 bits per heavy atom. The van der Waals surface area contributed by atoms with E-state index >= 15 is 0 Å². The lowest BCUT2D eigenvalue weighted by Crippen LogP contribution is -2.37. The Balaban J connectivity index is 2.01. The predicted molar refractivity (Wildman–Crippen MR) is 132 cm³/mol. The minimum Gasteiger partial charge on any atom is -0.497 e. The summed E-state index contributed by atoms with van der Waals surface area (Å²) in [5.74, 6) is 0.768. The van der Waals surface area contributed by atoms with Crippen molar-refractivity contribution in [1.29, 1.82) is 0 Å². The molecule has 2 atom stereocenters. The van der Waals surface area contributed by atoms with Crippen LogP contribution in [-0.2, 0) is 25.3 Å². The largest absolute Gasteiger partial charge is 0.497 e. The number of carbonyl (C=O) groups excluding carboxylic acids is 1. The van der Waals surface area contributed by atoms with Gasteiger partial charge >= 0.3 is 0 Å². The molecular weight excluding hydrogens is 420 g/mol. The molecule has 6 heteroatoms. The van der Waals surface area contributed by atoms with Crippen LogP contribution in [-0.4, -0.2) is 46.6 Å². The van der Waals surface area contributed by atoms with Crippen LogP contribution in [0.1, 0.15) is 46.1 Å². The maximum atomic E-state index is 13.0. The highest BCUT2D eigenvalue weighted by atomic mass is 28.4. The fourth-order valence-corrected chi connectivity index (χ4v) is 6.53. The van der Waals surface area contributed by atoms with Gasteiger partial charge in [-0.15, -0.1) is 0 Å². The molecule has 1 heterocycles. The van der Waals surface area contributed by atoms with E-state index in [1.165, 1.54) is 5.57 Å². The van der Waals surface area contributed by atoms with Crippen molar-refractivity contribution < 1.29 is 23.4 Å². The Labute approximate surface area is 194 Å². The normalized spacial score (nSPS) is 17.9. The van der Waals surface area contributed by atoms with Crippen LogP contribution < -0.4 is 4.74 Å². The first-order chi connectivity index (χ1) is 15.4. The highest BCUT2D eigenvalue weighted by Crippen LogP contribution is 2.23. The molecule has 0 N–H and O–H groups in total. The van der Waals surface area contributed by atoms with Gasteiger partial charge in [0.25, 0.3) is 0 Å². The number of benzene rings is 1. The van der Waals surface area contributed by atoms with Crippen molar-refractivity contribution in [1.82, 2.24) is 0 Å². The third-order valence-electron chi connectivity index (χ3n) is 6.39. The average molecular weight is 461 g/mol. The molecule has 0 saturated heterocycles. The van der Waals surface area contributed by atoms with Gasteiger partial charge in [-0.2, -0.15) is 0 Å². The minimum atomic E-state index is -1.69. The molecule has 1 aliphatic rings. The molecule has 1 aromatic rings. The Morgan fingerprint density at radius 1 is 1.19 bits per heavy atom. The van der Waals surface area contributed by atoms with Crippen molar-refractivity contribution in [3.8, 4) is 5.75 Å². The van der Waals surface area contributed by atoms with Crippen LogP contribution in [0.4, 0.5) is 0 Å². The van der Waals surface area contributed by atoms with Crippen molar-refractivity contribution in [3.05, 3.63) is 53.6 Å². The molecule has 0 unspecified atom stereocenters. The van der Waals surface area contributed by atoms with E-state index in [0.717, 1.165) is 35.9 Å². The van der Waals surface area contributed by atoms with Gasteiger partial charge in [-0.3, -0.25) is 4.79 Å². The Bertz CT molecular complexity index is 744. The third-order valence-corrected chi connectivity index (χ3v) is 11.1. The number of ketones is 1. The molecule has 0 spiro atoms. The SMILES string of the molecule is CC[Si](CC)(CC)OCC[C@H](OCc1ccc(OC)cc1)C(=O)/C=C/[C@@H]1CC(C)=CCO1. The molecular formula is C26H40O5Si. The summed E-state index contributed by atoms with van der Waals surface area (Å²) in [6.45, 7) is 10.2. The molecule has 2 rings (SSSR count). The van der Waals surface area contributed by atoms with Crippen LogP contribution in [0.15, 0.2) is 48.1 Å². The van der Waals surface area contributed by atoms with Crippen molar-refractivity contribution in [3.63, 3.8) is 0 Å². The summed E-state index contributed by atoms with van der Waals surface area (Å²) in [6.07, 6.45) is 6.36. The number of rotatable bonds is 14. The summed E-state index contributed by atoms with van der Waals surface area (Å²) < 4.78 is 23.4. The molecule has 5 nitrogen and oxygen atoms in total. The first-order valence-electron chi connectivity index (χ1n) is 11.8. The first-order valence-corrected chi connectivity index (χ1v) is 14.4. The highest BCUT2D eigenvalue weighted by molar-refractivity contribution is 6.73. The van der Waals surface area contributed by atoms with Gasteiger partial charge in [0.1, 0.15) is 11.9 Å². The molecule has 0 fully saturated rings. The summed E-state index contributed by atoms with van der Waals surface area (Å²) in [5, 5.41) is 0. The monoisotopic (exact) mass is 460 g/mol. The zero-order valence-corrected chi connectivity index (χ0v) is 21.4. The summed E-state index contributed by atoms with van der Waals surface area (Å²) in [4.78, 5) is 13.0. The van der Waals surface area contributed by atoms with Crippen molar-refractivity contribution in [2.24, 2.45) is 0 Å². The van der Waals surface area contributed by atoms with Gasteiger partial charge in [0.05, 0.1) is 26.4 Å².